The van der Waals surface area contributed by atoms with Crippen molar-refractivity contribution >= 4 is 23.2 Å². The molecule has 0 amide bonds. The fraction of sp³-hybridized carbons (Fsp3) is 0.250. The molecule has 1 N–H and O–H groups in total. The van der Waals surface area contributed by atoms with E-state index in [1.807, 2.05) is 31.2 Å². The predicted octanol–water partition coefficient (Wildman–Crippen LogP) is 4.93. The van der Waals surface area contributed by atoms with Gasteiger partial charge in [-0.25, -0.2) is 0 Å². The molecule has 0 aliphatic heterocycles. The zero-order valence-corrected chi connectivity index (χ0v) is 12.9. The normalized spacial score (nSPS) is 12.2. The molecule has 0 aliphatic carbocycles. The fourth-order valence-electron chi connectivity index (χ4n) is 1.92. The monoisotopic (exact) mass is 310 g/mol. The maximum Gasteiger partial charge on any atom is 0.125 e. The van der Waals surface area contributed by atoms with Crippen molar-refractivity contribution in [1.29, 1.82) is 0 Å². The summed E-state index contributed by atoms with van der Waals surface area (Å²) in [5.74, 6) is 0.677. The van der Waals surface area contributed by atoms with Gasteiger partial charge in [0.2, 0.25) is 0 Å². The standard InChI is InChI=1S/C16H16Cl2O2/c1-10-3-6-16(13(7-10)11(2)19)20-9-12-4-5-14(17)15(18)8-12/h3-8,11,19H,9H2,1-2H3/t11-/m0/s1. The number of aryl methyl sites for hydroxylation is 1. The zero-order chi connectivity index (χ0) is 14.7. The van der Waals surface area contributed by atoms with Crippen molar-refractivity contribution in [3.8, 4) is 5.75 Å². The number of halogens is 2. The number of ether oxygens (including phenoxy) is 1. The average Bonchev–Trinajstić information content (AvgIpc) is 2.41. The highest BCUT2D eigenvalue weighted by Gasteiger charge is 2.10. The maximum atomic E-state index is 9.79. The molecule has 0 saturated carbocycles. The number of rotatable bonds is 4. The van der Waals surface area contributed by atoms with Gasteiger partial charge < -0.3 is 9.84 Å². The number of hydrogen-bond donors (Lipinski definition) is 1. The van der Waals surface area contributed by atoms with E-state index in [0.29, 0.717) is 22.4 Å². The van der Waals surface area contributed by atoms with E-state index in [0.717, 1.165) is 16.7 Å². The van der Waals surface area contributed by atoms with Crippen LogP contribution in [-0.4, -0.2) is 5.11 Å². The Kier molecular flexibility index (Phi) is 4.92. The van der Waals surface area contributed by atoms with Crippen molar-refractivity contribution in [2.24, 2.45) is 0 Å². The molecule has 2 rings (SSSR count). The quantitative estimate of drug-likeness (QED) is 0.867. The molecule has 1 atom stereocenters. The molecule has 4 heteroatoms. The Morgan fingerprint density at radius 2 is 1.85 bits per heavy atom. The Hall–Kier alpha value is -1.22. The SMILES string of the molecule is Cc1ccc(OCc2ccc(Cl)c(Cl)c2)c([C@H](C)O)c1. The van der Waals surface area contributed by atoms with Gasteiger partial charge in [-0.05, 0) is 43.7 Å². The first-order valence-electron chi connectivity index (χ1n) is 6.32. The highest BCUT2D eigenvalue weighted by molar-refractivity contribution is 6.42. The molecule has 0 saturated heterocycles. The van der Waals surface area contributed by atoms with Gasteiger partial charge in [-0.3, -0.25) is 0 Å². The smallest absolute Gasteiger partial charge is 0.125 e. The van der Waals surface area contributed by atoms with Gasteiger partial charge in [0.25, 0.3) is 0 Å². The van der Waals surface area contributed by atoms with Crippen LogP contribution in [0, 0.1) is 6.92 Å². The molecule has 0 aromatic heterocycles. The molecule has 0 radical (unpaired) electrons. The van der Waals surface area contributed by atoms with Crippen LogP contribution in [0.2, 0.25) is 10.0 Å². The molecule has 0 unspecified atom stereocenters. The summed E-state index contributed by atoms with van der Waals surface area (Å²) in [7, 11) is 0. The molecule has 20 heavy (non-hydrogen) atoms. The van der Waals surface area contributed by atoms with Crippen molar-refractivity contribution in [1.82, 2.24) is 0 Å². The Morgan fingerprint density at radius 1 is 1.10 bits per heavy atom. The summed E-state index contributed by atoms with van der Waals surface area (Å²) in [6, 6.07) is 11.1. The average molecular weight is 311 g/mol. The molecule has 0 heterocycles. The van der Waals surface area contributed by atoms with Crippen molar-refractivity contribution in [2.75, 3.05) is 0 Å². The van der Waals surface area contributed by atoms with E-state index in [9.17, 15) is 5.11 Å². The lowest BCUT2D eigenvalue weighted by atomic mass is 10.1. The first-order chi connectivity index (χ1) is 9.47. The lowest BCUT2D eigenvalue weighted by Gasteiger charge is -2.14. The first kappa shape index (κ1) is 15.2. The van der Waals surface area contributed by atoms with Crippen LogP contribution in [0.5, 0.6) is 5.75 Å². The van der Waals surface area contributed by atoms with Crippen LogP contribution in [-0.2, 0) is 6.61 Å². The van der Waals surface area contributed by atoms with Crippen LogP contribution >= 0.6 is 23.2 Å². The summed E-state index contributed by atoms with van der Waals surface area (Å²) >= 11 is 11.8. The van der Waals surface area contributed by atoms with E-state index in [1.165, 1.54) is 0 Å². The predicted molar refractivity (Wildman–Crippen MR) is 82.6 cm³/mol. The van der Waals surface area contributed by atoms with E-state index < -0.39 is 6.10 Å². The van der Waals surface area contributed by atoms with Gasteiger partial charge >= 0.3 is 0 Å². The van der Waals surface area contributed by atoms with Gasteiger partial charge in [-0.15, -0.1) is 0 Å². The zero-order valence-electron chi connectivity index (χ0n) is 11.4. The summed E-state index contributed by atoms with van der Waals surface area (Å²) in [6.45, 7) is 4.08. The summed E-state index contributed by atoms with van der Waals surface area (Å²) in [5, 5.41) is 10.8. The van der Waals surface area contributed by atoms with Crippen molar-refractivity contribution in [3.05, 3.63) is 63.1 Å². The highest BCUT2D eigenvalue weighted by atomic mass is 35.5. The van der Waals surface area contributed by atoms with Gasteiger partial charge in [0, 0.05) is 5.56 Å². The summed E-state index contributed by atoms with van der Waals surface area (Å²) in [4.78, 5) is 0. The molecule has 106 valence electrons. The van der Waals surface area contributed by atoms with Gasteiger partial charge in [0.1, 0.15) is 12.4 Å². The van der Waals surface area contributed by atoms with E-state index in [-0.39, 0.29) is 0 Å². The number of hydrogen-bond acceptors (Lipinski definition) is 2. The topological polar surface area (TPSA) is 29.5 Å². The summed E-state index contributed by atoms with van der Waals surface area (Å²) < 4.78 is 5.77. The Bertz CT molecular complexity index is 609. The second kappa shape index (κ2) is 6.49. The van der Waals surface area contributed by atoms with Crippen molar-refractivity contribution < 1.29 is 9.84 Å². The van der Waals surface area contributed by atoms with Crippen molar-refractivity contribution in [2.45, 2.75) is 26.6 Å². The van der Waals surface area contributed by atoms with E-state index in [1.54, 1.807) is 19.1 Å². The first-order valence-corrected chi connectivity index (χ1v) is 7.08. The third-order valence-electron chi connectivity index (χ3n) is 2.99. The molecule has 0 spiro atoms. The third-order valence-corrected chi connectivity index (χ3v) is 3.73. The van der Waals surface area contributed by atoms with Crippen LogP contribution in [0.1, 0.15) is 29.7 Å². The second-order valence-corrected chi connectivity index (χ2v) is 5.57. The van der Waals surface area contributed by atoms with Gasteiger partial charge in [0.15, 0.2) is 0 Å². The number of aliphatic hydroxyl groups excluding tert-OH is 1. The van der Waals surface area contributed by atoms with Crippen molar-refractivity contribution in [3.63, 3.8) is 0 Å². The van der Waals surface area contributed by atoms with Gasteiger partial charge in [0.05, 0.1) is 16.1 Å². The Labute approximate surface area is 128 Å². The van der Waals surface area contributed by atoms with E-state index in [2.05, 4.69) is 0 Å². The van der Waals surface area contributed by atoms with Crippen LogP contribution in [0.4, 0.5) is 0 Å². The summed E-state index contributed by atoms with van der Waals surface area (Å²) in [5.41, 5.74) is 2.80. The van der Waals surface area contributed by atoms with Crippen LogP contribution < -0.4 is 4.74 Å². The third kappa shape index (κ3) is 3.66. The molecular weight excluding hydrogens is 295 g/mol. The molecule has 2 aromatic rings. The molecule has 2 aromatic carbocycles. The van der Waals surface area contributed by atoms with Crippen LogP contribution in [0.15, 0.2) is 36.4 Å². The lowest BCUT2D eigenvalue weighted by molar-refractivity contribution is 0.190. The molecule has 2 nitrogen and oxygen atoms in total. The molecular formula is C16H16Cl2O2. The molecule has 0 bridgehead atoms. The maximum absolute atomic E-state index is 9.79. The lowest BCUT2D eigenvalue weighted by Crippen LogP contribution is -2.01. The van der Waals surface area contributed by atoms with Gasteiger partial charge in [-0.2, -0.15) is 0 Å². The van der Waals surface area contributed by atoms with Crippen LogP contribution in [0.3, 0.4) is 0 Å². The second-order valence-electron chi connectivity index (χ2n) is 4.75. The largest absolute Gasteiger partial charge is 0.489 e. The molecule has 0 fully saturated rings. The minimum absolute atomic E-state index is 0.375. The van der Waals surface area contributed by atoms with Crippen LogP contribution in [0.25, 0.3) is 0 Å². The van der Waals surface area contributed by atoms with E-state index >= 15 is 0 Å². The van der Waals surface area contributed by atoms with E-state index in [4.69, 9.17) is 27.9 Å². The minimum atomic E-state index is -0.571. The Morgan fingerprint density at radius 3 is 2.50 bits per heavy atom. The Balaban J connectivity index is 2.16. The highest BCUT2D eigenvalue weighted by Crippen LogP contribution is 2.28. The van der Waals surface area contributed by atoms with Gasteiger partial charge in [-0.1, -0.05) is 40.9 Å². The fourth-order valence-corrected chi connectivity index (χ4v) is 2.24. The summed E-state index contributed by atoms with van der Waals surface area (Å²) in [6.07, 6.45) is -0.571. The molecule has 0 aliphatic rings. The minimum Gasteiger partial charge on any atom is -0.489 e. The number of benzene rings is 2. The number of aliphatic hydroxyl groups is 1.